The van der Waals surface area contributed by atoms with E-state index in [0.29, 0.717) is 5.82 Å². The Bertz CT molecular complexity index is 476. The number of anilines is 1. The minimum Gasteiger partial charge on any atom is -0.478 e. The summed E-state index contributed by atoms with van der Waals surface area (Å²) in [6, 6.07) is 2.96. The van der Waals surface area contributed by atoms with Crippen molar-refractivity contribution in [3.8, 4) is 0 Å². The van der Waals surface area contributed by atoms with E-state index in [1.165, 1.54) is 24.8 Å². The first kappa shape index (κ1) is 13.5. The van der Waals surface area contributed by atoms with Crippen LogP contribution >= 0.6 is 0 Å². The molecule has 0 spiro atoms. The van der Waals surface area contributed by atoms with Crippen LogP contribution in [0.1, 0.15) is 49.4 Å². The van der Waals surface area contributed by atoms with Gasteiger partial charge in [0.15, 0.2) is 0 Å². The minimum atomic E-state index is -1.02. The average molecular weight is 262 g/mol. The Labute approximate surface area is 112 Å². The van der Waals surface area contributed by atoms with Gasteiger partial charge in [0.2, 0.25) is 5.91 Å². The van der Waals surface area contributed by atoms with Gasteiger partial charge in [-0.25, -0.2) is 9.78 Å². The smallest absolute Gasteiger partial charge is 0.337 e. The molecule has 0 atom stereocenters. The number of amides is 1. The van der Waals surface area contributed by atoms with Gasteiger partial charge in [-0.05, 0) is 25.0 Å². The van der Waals surface area contributed by atoms with Crippen LogP contribution in [0, 0.1) is 5.41 Å². The van der Waals surface area contributed by atoms with Crippen molar-refractivity contribution in [3.05, 3.63) is 23.9 Å². The van der Waals surface area contributed by atoms with Crippen LogP contribution in [0.25, 0.3) is 0 Å². The minimum absolute atomic E-state index is 0.0252. The van der Waals surface area contributed by atoms with Crippen LogP contribution < -0.4 is 5.32 Å². The molecule has 2 N–H and O–H groups in total. The number of carboxylic acid groups (broad SMARTS) is 1. The number of hydrogen-bond acceptors (Lipinski definition) is 3. The van der Waals surface area contributed by atoms with E-state index in [4.69, 9.17) is 5.11 Å². The predicted octanol–water partition coefficient (Wildman–Crippen LogP) is 2.69. The molecule has 1 aliphatic rings. The third-order valence-corrected chi connectivity index (χ3v) is 3.76. The van der Waals surface area contributed by atoms with Crippen LogP contribution in [0.5, 0.6) is 0 Å². The molecule has 5 heteroatoms. The Kier molecular flexibility index (Phi) is 3.83. The van der Waals surface area contributed by atoms with E-state index in [1.807, 2.05) is 6.92 Å². The summed E-state index contributed by atoms with van der Waals surface area (Å²) < 4.78 is 0. The molecule has 2 rings (SSSR count). The largest absolute Gasteiger partial charge is 0.478 e. The van der Waals surface area contributed by atoms with Crippen molar-refractivity contribution in [2.75, 3.05) is 5.32 Å². The summed E-state index contributed by atoms with van der Waals surface area (Å²) in [6.07, 6.45) is 6.39. The zero-order valence-electron chi connectivity index (χ0n) is 11.0. The van der Waals surface area contributed by atoms with Gasteiger partial charge in [-0.1, -0.05) is 26.2 Å². The molecule has 1 fully saturated rings. The number of rotatable bonds is 3. The fourth-order valence-electron chi connectivity index (χ4n) is 2.42. The third-order valence-electron chi connectivity index (χ3n) is 3.76. The van der Waals surface area contributed by atoms with Crippen molar-refractivity contribution in [2.45, 2.75) is 39.0 Å². The standard InChI is InChI=1S/C14H18N2O3/c1-14(7-3-2-4-8-14)13(19)16-11-6-5-10(9-15-11)12(17)18/h5-6,9H,2-4,7-8H2,1H3,(H,17,18)(H,15,16,19). The first-order chi connectivity index (χ1) is 9.01. The Balaban J connectivity index is 2.04. The number of carbonyl (C=O) groups is 2. The normalized spacial score (nSPS) is 17.7. The lowest BCUT2D eigenvalue weighted by Gasteiger charge is -2.31. The van der Waals surface area contributed by atoms with Crippen molar-refractivity contribution in [3.63, 3.8) is 0 Å². The van der Waals surface area contributed by atoms with Gasteiger partial charge in [0.1, 0.15) is 5.82 Å². The van der Waals surface area contributed by atoms with Crippen molar-refractivity contribution in [2.24, 2.45) is 5.41 Å². The maximum atomic E-state index is 12.2. The second kappa shape index (κ2) is 5.38. The Morgan fingerprint density at radius 2 is 1.95 bits per heavy atom. The molecule has 1 aliphatic carbocycles. The van der Waals surface area contributed by atoms with Gasteiger partial charge in [-0.15, -0.1) is 0 Å². The Morgan fingerprint density at radius 3 is 2.47 bits per heavy atom. The average Bonchev–Trinajstić information content (AvgIpc) is 2.40. The quantitative estimate of drug-likeness (QED) is 0.877. The highest BCUT2D eigenvalue weighted by Crippen LogP contribution is 2.36. The Morgan fingerprint density at radius 1 is 1.26 bits per heavy atom. The van der Waals surface area contributed by atoms with E-state index >= 15 is 0 Å². The van der Waals surface area contributed by atoms with E-state index in [2.05, 4.69) is 10.3 Å². The van der Waals surface area contributed by atoms with Gasteiger partial charge in [0.05, 0.1) is 5.56 Å². The molecule has 19 heavy (non-hydrogen) atoms. The predicted molar refractivity (Wildman–Crippen MR) is 71.0 cm³/mol. The fourth-order valence-corrected chi connectivity index (χ4v) is 2.42. The van der Waals surface area contributed by atoms with E-state index in [1.54, 1.807) is 0 Å². The zero-order chi connectivity index (χ0) is 13.9. The summed E-state index contributed by atoms with van der Waals surface area (Å²) in [5, 5.41) is 11.6. The molecule has 1 heterocycles. The number of aromatic nitrogens is 1. The highest BCUT2D eigenvalue weighted by Gasteiger charge is 2.34. The molecule has 1 aromatic rings. The van der Waals surface area contributed by atoms with Gasteiger partial charge in [0.25, 0.3) is 0 Å². The van der Waals surface area contributed by atoms with Crippen molar-refractivity contribution >= 4 is 17.7 Å². The molecule has 0 unspecified atom stereocenters. The summed E-state index contributed by atoms with van der Waals surface area (Å²) in [5.74, 6) is -0.644. The molecule has 0 bridgehead atoms. The number of nitrogens with zero attached hydrogens (tertiary/aromatic N) is 1. The maximum Gasteiger partial charge on any atom is 0.337 e. The summed E-state index contributed by atoms with van der Waals surface area (Å²) in [4.78, 5) is 26.9. The highest BCUT2D eigenvalue weighted by molar-refractivity contribution is 5.94. The molecule has 0 aromatic carbocycles. The molecular formula is C14H18N2O3. The van der Waals surface area contributed by atoms with Crippen LogP contribution in [-0.4, -0.2) is 22.0 Å². The second-order valence-electron chi connectivity index (χ2n) is 5.31. The maximum absolute atomic E-state index is 12.2. The number of hydrogen-bond donors (Lipinski definition) is 2. The lowest BCUT2D eigenvalue weighted by atomic mass is 9.75. The fraction of sp³-hybridized carbons (Fsp3) is 0.500. The first-order valence-electron chi connectivity index (χ1n) is 6.52. The molecule has 1 amide bonds. The number of carboxylic acids is 1. The summed E-state index contributed by atoms with van der Waals surface area (Å²) in [5.41, 5.74) is -0.215. The van der Waals surface area contributed by atoms with Crippen LogP contribution in [0.15, 0.2) is 18.3 Å². The SMILES string of the molecule is CC1(C(=O)Nc2ccc(C(=O)O)cn2)CCCCC1. The number of pyridine rings is 1. The lowest BCUT2D eigenvalue weighted by molar-refractivity contribution is -0.126. The van der Waals surface area contributed by atoms with E-state index in [9.17, 15) is 9.59 Å². The van der Waals surface area contributed by atoms with Crippen molar-refractivity contribution in [1.82, 2.24) is 4.98 Å². The number of aromatic carboxylic acids is 1. The molecule has 0 radical (unpaired) electrons. The lowest BCUT2D eigenvalue weighted by Crippen LogP contribution is -2.35. The van der Waals surface area contributed by atoms with Crippen LogP contribution in [0.3, 0.4) is 0 Å². The molecular weight excluding hydrogens is 244 g/mol. The zero-order valence-corrected chi connectivity index (χ0v) is 11.0. The van der Waals surface area contributed by atoms with Gasteiger partial charge >= 0.3 is 5.97 Å². The summed E-state index contributed by atoms with van der Waals surface area (Å²) in [6.45, 7) is 1.98. The molecule has 1 saturated carbocycles. The van der Waals surface area contributed by atoms with Crippen LogP contribution in [0.4, 0.5) is 5.82 Å². The monoisotopic (exact) mass is 262 g/mol. The molecule has 0 aliphatic heterocycles. The van der Waals surface area contributed by atoms with Gasteiger partial charge in [-0.2, -0.15) is 0 Å². The van der Waals surface area contributed by atoms with Crippen LogP contribution in [-0.2, 0) is 4.79 Å². The Hall–Kier alpha value is -1.91. The highest BCUT2D eigenvalue weighted by atomic mass is 16.4. The topological polar surface area (TPSA) is 79.3 Å². The molecule has 0 saturated heterocycles. The summed E-state index contributed by atoms with van der Waals surface area (Å²) in [7, 11) is 0. The van der Waals surface area contributed by atoms with Gasteiger partial charge < -0.3 is 10.4 Å². The van der Waals surface area contributed by atoms with E-state index in [-0.39, 0.29) is 16.9 Å². The van der Waals surface area contributed by atoms with Crippen molar-refractivity contribution in [1.29, 1.82) is 0 Å². The second-order valence-corrected chi connectivity index (χ2v) is 5.31. The summed E-state index contributed by atoms with van der Waals surface area (Å²) >= 11 is 0. The third kappa shape index (κ3) is 3.10. The van der Waals surface area contributed by atoms with E-state index < -0.39 is 5.97 Å². The van der Waals surface area contributed by atoms with E-state index in [0.717, 1.165) is 25.7 Å². The van der Waals surface area contributed by atoms with Gasteiger partial charge in [0, 0.05) is 11.6 Å². The van der Waals surface area contributed by atoms with Crippen molar-refractivity contribution < 1.29 is 14.7 Å². The number of nitrogens with one attached hydrogen (secondary N) is 1. The molecule has 102 valence electrons. The molecule has 1 aromatic heterocycles. The number of carbonyl (C=O) groups excluding carboxylic acids is 1. The van der Waals surface area contributed by atoms with Crippen LogP contribution in [0.2, 0.25) is 0 Å². The van der Waals surface area contributed by atoms with Gasteiger partial charge in [-0.3, -0.25) is 4.79 Å². The first-order valence-corrected chi connectivity index (χ1v) is 6.52. The molecule has 5 nitrogen and oxygen atoms in total.